The van der Waals surface area contributed by atoms with Gasteiger partial charge in [-0.1, -0.05) is 18.2 Å². The van der Waals surface area contributed by atoms with Crippen molar-refractivity contribution in [1.82, 2.24) is 0 Å². The number of rotatable bonds is 7. The molecule has 13 heteroatoms. The van der Waals surface area contributed by atoms with Gasteiger partial charge < -0.3 is 28.8 Å². The Labute approximate surface area is 175 Å². The number of carbonyl (C=O) groups is 3. The van der Waals surface area contributed by atoms with E-state index in [9.17, 15) is 29.6 Å². The summed E-state index contributed by atoms with van der Waals surface area (Å²) in [6.07, 6.45) is 0.849. The molecule has 0 aromatic carbocycles. The van der Waals surface area contributed by atoms with Crippen molar-refractivity contribution in [3.63, 3.8) is 0 Å². The molecule has 2 aliphatic heterocycles. The Bertz CT molecular complexity index is 809. The van der Waals surface area contributed by atoms with Crippen LogP contribution >= 0.6 is 0 Å². The SMILES string of the molecule is CC(=O)OC1(C2COC3C(OC(=O)OC(C)O[N+](=O)[O-])COC32)C=CC=CC1C(=O)O. The minimum absolute atomic E-state index is 0.0275. The molecule has 0 spiro atoms. The van der Waals surface area contributed by atoms with Gasteiger partial charge in [-0.05, 0) is 13.0 Å². The number of esters is 1. The van der Waals surface area contributed by atoms with Gasteiger partial charge in [0.2, 0.25) is 6.29 Å². The first-order valence-corrected chi connectivity index (χ1v) is 9.34. The Morgan fingerprint density at radius 1 is 1.23 bits per heavy atom. The van der Waals surface area contributed by atoms with Crippen LogP contribution in [0.3, 0.4) is 0 Å². The molecule has 2 fully saturated rings. The van der Waals surface area contributed by atoms with Crippen LogP contribution in [-0.4, -0.2) is 71.7 Å². The Balaban J connectivity index is 1.73. The van der Waals surface area contributed by atoms with Crippen molar-refractivity contribution in [3.8, 4) is 0 Å². The molecular weight excluding hydrogens is 422 g/mol. The summed E-state index contributed by atoms with van der Waals surface area (Å²) < 4.78 is 26.7. The Hall–Kier alpha value is -3.19. The third-order valence-corrected chi connectivity index (χ3v) is 5.18. The predicted octanol–water partition coefficient (Wildman–Crippen LogP) is 0.605. The third-order valence-electron chi connectivity index (χ3n) is 5.18. The lowest BCUT2D eigenvalue weighted by Crippen LogP contribution is -2.54. The molecule has 0 radical (unpaired) electrons. The van der Waals surface area contributed by atoms with E-state index in [1.165, 1.54) is 19.1 Å². The molecule has 0 amide bonds. The summed E-state index contributed by atoms with van der Waals surface area (Å²) in [4.78, 5) is 49.9. The van der Waals surface area contributed by atoms with Gasteiger partial charge in [0.1, 0.15) is 12.0 Å². The zero-order valence-electron chi connectivity index (χ0n) is 16.6. The number of hydrogen-bond donors (Lipinski definition) is 1. The highest BCUT2D eigenvalue weighted by atomic mass is 17.0. The summed E-state index contributed by atoms with van der Waals surface area (Å²) in [6, 6.07) is 0. The molecule has 0 aromatic rings. The van der Waals surface area contributed by atoms with Crippen LogP contribution in [0, 0.1) is 22.0 Å². The molecule has 1 aliphatic carbocycles. The predicted molar refractivity (Wildman–Crippen MR) is 95.8 cm³/mol. The molecule has 31 heavy (non-hydrogen) atoms. The smallest absolute Gasteiger partial charge is 0.481 e. The van der Waals surface area contributed by atoms with Gasteiger partial charge in [-0.2, -0.15) is 0 Å². The standard InChI is InChI=1S/C18H21NO12/c1-9(20)30-18(6-4-3-5-11(18)16(21)22)12-7-26-15-13(8-27-14(12)15)29-17(23)28-10(2)31-19(24)25/h3-6,10-15H,7-8H2,1-2H3,(H,21,22). The van der Waals surface area contributed by atoms with Crippen LogP contribution in [-0.2, 0) is 38.1 Å². The molecule has 2 saturated heterocycles. The van der Waals surface area contributed by atoms with Crippen LogP contribution in [0.1, 0.15) is 13.8 Å². The quantitative estimate of drug-likeness (QED) is 0.252. The average Bonchev–Trinajstić information content (AvgIpc) is 3.23. The average molecular weight is 443 g/mol. The summed E-state index contributed by atoms with van der Waals surface area (Å²) in [5.74, 6) is -3.75. The van der Waals surface area contributed by atoms with Crippen molar-refractivity contribution < 1.29 is 53.1 Å². The molecule has 0 bridgehead atoms. The van der Waals surface area contributed by atoms with E-state index in [0.717, 1.165) is 6.92 Å². The van der Waals surface area contributed by atoms with Crippen LogP contribution < -0.4 is 0 Å². The maximum absolute atomic E-state index is 11.9. The van der Waals surface area contributed by atoms with Gasteiger partial charge in [0.15, 0.2) is 11.7 Å². The lowest BCUT2D eigenvalue weighted by molar-refractivity contribution is -0.777. The van der Waals surface area contributed by atoms with Gasteiger partial charge in [-0.3, -0.25) is 14.4 Å². The van der Waals surface area contributed by atoms with Gasteiger partial charge >= 0.3 is 18.1 Å². The number of hydrogen-bond acceptors (Lipinski definition) is 11. The molecule has 13 nitrogen and oxygen atoms in total. The van der Waals surface area contributed by atoms with Gasteiger partial charge in [-0.15, -0.1) is 10.1 Å². The number of carboxylic acid groups (broad SMARTS) is 1. The lowest BCUT2D eigenvalue weighted by Gasteiger charge is -2.41. The first-order chi connectivity index (χ1) is 14.6. The highest BCUT2D eigenvalue weighted by Crippen LogP contribution is 2.45. The Morgan fingerprint density at radius 2 is 1.94 bits per heavy atom. The summed E-state index contributed by atoms with van der Waals surface area (Å²) in [5.41, 5.74) is -1.56. The molecule has 7 unspecified atom stereocenters. The number of nitrogens with zero attached hydrogens (tertiary/aromatic N) is 1. The fraction of sp³-hybridized carbons (Fsp3) is 0.611. The van der Waals surface area contributed by atoms with Crippen LogP contribution in [0.5, 0.6) is 0 Å². The fourth-order valence-corrected chi connectivity index (χ4v) is 4.07. The number of carbonyl (C=O) groups excluding carboxylic acids is 2. The summed E-state index contributed by atoms with van der Waals surface area (Å²) in [6.45, 7) is 2.18. The van der Waals surface area contributed by atoms with Gasteiger partial charge in [0.25, 0.3) is 5.09 Å². The molecule has 3 rings (SSSR count). The van der Waals surface area contributed by atoms with Crippen LogP contribution in [0.2, 0.25) is 0 Å². The first kappa shape index (κ1) is 22.5. The van der Waals surface area contributed by atoms with E-state index in [1.54, 1.807) is 12.2 Å². The van der Waals surface area contributed by atoms with E-state index in [1.807, 2.05) is 0 Å². The second-order valence-electron chi connectivity index (χ2n) is 7.13. The second-order valence-corrected chi connectivity index (χ2v) is 7.13. The topological polar surface area (TPSA) is 170 Å². The van der Waals surface area contributed by atoms with E-state index in [4.69, 9.17) is 18.9 Å². The fourth-order valence-electron chi connectivity index (χ4n) is 4.07. The number of carboxylic acids is 1. The van der Waals surface area contributed by atoms with Crippen molar-refractivity contribution in [2.75, 3.05) is 13.2 Å². The van der Waals surface area contributed by atoms with Crippen molar-refractivity contribution in [2.45, 2.75) is 44.1 Å². The molecule has 7 atom stereocenters. The Morgan fingerprint density at radius 3 is 2.58 bits per heavy atom. The van der Waals surface area contributed by atoms with Gasteiger partial charge in [0, 0.05) is 6.92 Å². The molecule has 3 aliphatic rings. The molecule has 0 aromatic heterocycles. The minimum Gasteiger partial charge on any atom is -0.481 e. The van der Waals surface area contributed by atoms with Crippen molar-refractivity contribution in [1.29, 1.82) is 0 Å². The van der Waals surface area contributed by atoms with Crippen molar-refractivity contribution >= 4 is 18.1 Å². The number of ether oxygens (including phenoxy) is 5. The second kappa shape index (κ2) is 8.89. The first-order valence-electron chi connectivity index (χ1n) is 9.34. The van der Waals surface area contributed by atoms with Crippen LogP contribution in [0.4, 0.5) is 4.79 Å². The summed E-state index contributed by atoms with van der Waals surface area (Å²) >= 11 is 0. The van der Waals surface area contributed by atoms with Crippen LogP contribution in [0.15, 0.2) is 24.3 Å². The van der Waals surface area contributed by atoms with Gasteiger partial charge in [-0.25, -0.2) is 4.79 Å². The van der Waals surface area contributed by atoms with E-state index in [0.29, 0.717) is 0 Å². The lowest BCUT2D eigenvalue weighted by atomic mass is 9.72. The third kappa shape index (κ3) is 4.61. The maximum atomic E-state index is 11.9. The minimum atomic E-state index is -1.56. The highest BCUT2D eigenvalue weighted by molar-refractivity contribution is 5.77. The molecule has 0 saturated carbocycles. The van der Waals surface area contributed by atoms with E-state index in [-0.39, 0.29) is 13.2 Å². The van der Waals surface area contributed by atoms with Crippen molar-refractivity contribution in [2.24, 2.45) is 11.8 Å². The van der Waals surface area contributed by atoms with Crippen LogP contribution in [0.25, 0.3) is 0 Å². The normalized spacial score (nSPS) is 34.5. The van der Waals surface area contributed by atoms with Gasteiger partial charge in [0.05, 0.1) is 25.2 Å². The number of aliphatic carboxylic acids is 1. The molecule has 170 valence electrons. The molecule has 2 heterocycles. The molecule has 1 N–H and O–H groups in total. The largest absolute Gasteiger partial charge is 0.510 e. The van der Waals surface area contributed by atoms with E-state index in [2.05, 4.69) is 9.57 Å². The summed E-state index contributed by atoms with van der Waals surface area (Å²) in [7, 11) is 0. The Kier molecular flexibility index (Phi) is 6.45. The maximum Gasteiger partial charge on any atom is 0.510 e. The van der Waals surface area contributed by atoms with E-state index >= 15 is 0 Å². The molecular formula is C18H21NO12. The van der Waals surface area contributed by atoms with Crippen molar-refractivity contribution in [3.05, 3.63) is 34.4 Å². The summed E-state index contributed by atoms with van der Waals surface area (Å²) in [5, 5.41) is 18.9. The highest BCUT2D eigenvalue weighted by Gasteiger charge is 2.61. The zero-order valence-corrected chi connectivity index (χ0v) is 16.6. The number of allylic oxidation sites excluding steroid dienone is 2. The van der Waals surface area contributed by atoms with E-state index < -0.39 is 65.2 Å². The monoisotopic (exact) mass is 443 g/mol. The number of fused-ring (bicyclic) bond motifs is 1. The zero-order chi connectivity index (χ0) is 22.8.